The molecule has 2 nitrogen and oxygen atoms in total. The van der Waals surface area contributed by atoms with Gasteiger partial charge in [0, 0.05) is 17.1 Å². The van der Waals surface area contributed by atoms with E-state index in [0.29, 0.717) is 11.5 Å². The molecule has 1 saturated carbocycles. The van der Waals surface area contributed by atoms with Crippen LogP contribution in [0.3, 0.4) is 0 Å². The fourth-order valence-corrected chi connectivity index (χ4v) is 4.00. The molecule has 1 aromatic rings. The highest BCUT2D eigenvalue weighted by atomic mass is 32.1. The third-order valence-electron chi connectivity index (χ3n) is 4.39. The van der Waals surface area contributed by atoms with Gasteiger partial charge in [0.15, 0.2) is 0 Å². The molecule has 0 radical (unpaired) electrons. The fourth-order valence-electron chi connectivity index (χ4n) is 3.35. The minimum absolute atomic E-state index is 0.496. The van der Waals surface area contributed by atoms with E-state index >= 15 is 0 Å². The normalized spacial score (nSPS) is 24.3. The summed E-state index contributed by atoms with van der Waals surface area (Å²) in [5.41, 5.74) is 2.45. The lowest BCUT2D eigenvalue weighted by Gasteiger charge is -2.34. The van der Waals surface area contributed by atoms with Crippen molar-refractivity contribution >= 4 is 11.3 Å². The molecule has 1 aromatic heterocycles. The Morgan fingerprint density at radius 3 is 2.94 bits per heavy atom. The number of hydrogen-bond acceptors (Lipinski definition) is 3. The van der Waals surface area contributed by atoms with E-state index in [1.165, 1.54) is 30.6 Å². The summed E-state index contributed by atoms with van der Waals surface area (Å²) in [6, 6.07) is 0.628. The predicted octanol–water partition coefficient (Wildman–Crippen LogP) is 3.88. The van der Waals surface area contributed by atoms with Crippen LogP contribution in [0.5, 0.6) is 0 Å². The van der Waals surface area contributed by atoms with E-state index in [1.54, 1.807) is 11.3 Å². The van der Waals surface area contributed by atoms with E-state index in [2.05, 4.69) is 31.1 Å². The summed E-state index contributed by atoms with van der Waals surface area (Å²) in [6.45, 7) is 8.27. The average Bonchev–Trinajstić information content (AvgIpc) is 2.93. The third kappa shape index (κ3) is 3.33. The molecule has 18 heavy (non-hydrogen) atoms. The lowest BCUT2D eigenvalue weighted by Crippen LogP contribution is -2.42. The molecule has 0 bridgehead atoms. The van der Waals surface area contributed by atoms with E-state index in [-0.39, 0.29) is 0 Å². The van der Waals surface area contributed by atoms with Gasteiger partial charge in [-0.1, -0.05) is 27.2 Å². The number of nitrogens with zero attached hydrogens (tertiary/aromatic N) is 1. The van der Waals surface area contributed by atoms with Gasteiger partial charge in [-0.2, -0.15) is 0 Å². The van der Waals surface area contributed by atoms with Crippen molar-refractivity contribution in [2.45, 2.75) is 58.9 Å². The van der Waals surface area contributed by atoms with Gasteiger partial charge < -0.3 is 5.32 Å². The zero-order valence-corrected chi connectivity index (χ0v) is 12.7. The molecule has 3 heteroatoms. The second kappa shape index (κ2) is 6.16. The quantitative estimate of drug-likeness (QED) is 0.845. The second-order valence-corrected chi connectivity index (χ2v) is 7.19. The maximum atomic E-state index is 4.21. The first kappa shape index (κ1) is 14.0. The number of nitrogens with one attached hydrogen (secondary N) is 1. The molecule has 2 atom stereocenters. The summed E-state index contributed by atoms with van der Waals surface area (Å²) >= 11 is 1.79. The van der Waals surface area contributed by atoms with Crippen molar-refractivity contribution in [3.8, 4) is 0 Å². The Labute approximate surface area is 115 Å². The Morgan fingerprint density at radius 1 is 1.56 bits per heavy atom. The van der Waals surface area contributed by atoms with Crippen molar-refractivity contribution in [1.82, 2.24) is 10.3 Å². The molecule has 0 amide bonds. The van der Waals surface area contributed by atoms with Crippen molar-refractivity contribution in [2.24, 2.45) is 11.3 Å². The Balaban J connectivity index is 2.04. The molecule has 1 heterocycles. The Kier molecular flexibility index (Phi) is 4.79. The molecule has 1 aliphatic carbocycles. The third-order valence-corrected chi connectivity index (χ3v) is 5.19. The number of hydrogen-bond donors (Lipinski definition) is 1. The Morgan fingerprint density at radius 2 is 2.39 bits per heavy atom. The highest BCUT2D eigenvalue weighted by molar-refractivity contribution is 7.09. The molecule has 0 saturated heterocycles. The number of aromatic nitrogens is 1. The minimum Gasteiger partial charge on any atom is -0.313 e. The SMILES string of the molecule is CCCNC(Cc1cncs1)C1CCCC1(C)C. The molecule has 0 spiro atoms. The average molecular weight is 266 g/mol. The summed E-state index contributed by atoms with van der Waals surface area (Å²) in [4.78, 5) is 5.63. The van der Waals surface area contributed by atoms with Crippen molar-refractivity contribution in [3.05, 3.63) is 16.6 Å². The molecule has 0 aliphatic heterocycles. The van der Waals surface area contributed by atoms with Gasteiger partial charge in [0.2, 0.25) is 0 Å². The first-order chi connectivity index (χ1) is 8.63. The van der Waals surface area contributed by atoms with E-state index in [4.69, 9.17) is 0 Å². The van der Waals surface area contributed by atoms with Crippen LogP contribution in [-0.2, 0) is 6.42 Å². The minimum atomic E-state index is 0.496. The van der Waals surface area contributed by atoms with Crippen LogP contribution >= 0.6 is 11.3 Å². The van der Waals surface area contributed by atoms with Crippen LogP contribution in [0, 0.1) is 11.3 Å². The predicted molar refractivity (Wildman–Crippen MR) is 79.0 cm³/mol. The molecule has 2 rings (SSSR count). The lowest BCUT2D eigenvalue weighted by molar-refractivity contribution is 0.196. The zero-order valence-electron chi connectivity index (χ0n) is 11.9. The lowest BCUT2D eigenvalue weighted by atomic mass is 9.76. The standard InChI is InChI=1S/C15H26N2S/c1-4-8-17-14(9-12-10-16-11-18-12)13-6-5-7-15(13,2)3/h10-11,13-14,17H,4-9H2,1-3H3. The Bertz CT molecular complexity index is 345. The Hall–Kier alpha value is -0.410. The number of rotatable bonds is 6. The van der Waals surface area contributed by atoms with Gasteiger partial charge in [0.05, 0.1) is 5.51 Å². The maximum Gasteiger partial charge on any atom is 0.0794 e. The molecular weight excluding hydrogens is 240 g/mol. The van der Waals surface area contributed by atoms with E-state index in [0.717, 1.165) is 18.9 Å². The first-order valence-corrected chi connectivity index (χ1v) is 8.12. The topological polar surface area (TPSA) is 24.9 Å². The summed E-state index contributed by atoms with van der Waals surface area (Å²) in [5.74, 6) is 0.811. The maximum absolute atomic E-state index is 4.21. The van der Waals surface area contributed by atoms with E-state index in [1.807, 2.05) is 11.7 Å². The molecule has 1 aliphatic rings. The van der Waals surface area contributed by atoms with Gasteiger partial charge in [-0.15, -0.1) is 11.3 Å². The highest BCUT2D eigenvalue weighted by Gasteiger charge is 2.39. The zero-order chi connectivity index (χ0) is 13.0. The van der Waals surface area contributed by atoms with Gasteiger partial charge in [-0.05, 0) is 43.6 Å². The van der Waals surface area contributed by atoms with Gasteiger partial charge in [-0.25, -0.2) is 0 Å². The smallest absolute Gasteiger partial charge is 0.0794 e. The van der Waals surface area contributed by atoms with Crippen molar-refractivity contribution < 1.29 is 0 Å². The van der Waals surface area contributed by atoms with Crippen LogP contribution in [0.4, 0.5) is 0 Å². The van der Waals surface area contributed by atoms with Gasteiger partial charge in [0.1, 0.15) is 0 Å². The summed E-state index contributed by atoms with van der Waals surface area (Å²) in [7, 11) is 0. The summed E-state index contributed by atoms with van der Waals surface area (Å²) in [6.07, 6.45) is 8.56. The number of thiazole rings is 1. The van der Waals surface area contributed by atoms with Gasteiger partial charge in [-0.3, -0.25) is 4.98 Å². The monoisotopic (exact) mass is 266 g/mol. The van der Waals surface area contributed by atoms with Crippen LogP contribution in [0.2, 0.25) is 0 Å². The molecule has 2 unspecified atom stereocenters. The van der Waals surface area contributed by atoms with Gasteiger partial charge in [0.25, 0.3) is 0 Å². The van der Waals surface area contributed by atoms with Crippen molar-refractivity contribution in [1.29, 1.82) is 0 Å². The van der Waals surface area contributed by atoms with E-state index < -0.39 is 0 Å². The summed E-state index contributed by atoms with van der Waals surface area (Å²) < 4.78 is 0. The molecular formula is C15H26N2S. The second-order valence-electron chi connectivity index (χ2n) is 6.22. The van der Waals surface area contributed by atoms with Crippen molar-refractivity contribution in [3.63, 3.8) is 0 Å². The van der Waals surface area contributed by atoms with Gasteiger partial charge >= 0.3 is 0 Å². The molecule has 1 fully saturated rings. The largest absolute Gasteiger partial charge is 0.313 e. The highest BCUT2D eigenvalue weighted by Crippen LogP contribution is 2.45. The molecule has 1 N–H and O–H groups in total. The van der Waals surface area contributed by atoms with Crippen LogP contribution in [0.25, 0.3) is 0 Å². The molecule has 102 valence electrons. The van der Waals surface area contributed by atoms with Crippen LogP contribution in [0.1, 0.15) is 51.3 Å². The van der Waals surface area contributed by atoms with E-state index in [9.17, 15) is 0 Å². The van der Waals surface area contributed by atoms with Crippen LogP contribution < -0.4 is 5.32 Å². The van der Waals surface area contributed by atoms with Crippen LogP contribution in [0.15, 0.2) is 11.7 Å². The van der Waals surface area contributed by atoms with Crippen LogP contribution in [-0.4, -0.2) is 17.6 Å². The fraction of sp³-hybridized carbons (Fsp3) is 0.800. The first-order valence-electron chi connectivity index (χ1n) is 7.24. The summed E-state index contributed by atoms with van der Waals surface area (Å²) in [5, 5.41) is 3.78. The van der Waals surface area contributed by atoms with Crippen molar-refractivity contribution in [2.75, 3.05) is 6.54 Å². The molecule has 0 aromatic carbocycles.